The van der Waals surface area contributed by atoms with Crippen molar-refractivity contribution in [3.05, 3.63) is 95.8 Å². The Kier molecular flexibility index (Phi) is 7.90. The molecule has 0 aliphatic carbocycles. The van der Waals surface area contributed by atoms with Gasteiger partial charge in [-0.05, 0) is 35.4 Å². The molecule has 1 heterocycles. The fourth-order valence-electron chi connectivity index (χ4n) is 2.73. The third-order valence-electron chi connectivity index (χ3n) is 4.17. The molecule has 2 aromatic carbocycles. The van der Waals surface area contributed by atoms with E-state index in [-0.39, 0.29) is 5.57 Å². The summed E-state index contributed by atoms with van der Waals surface area (Å²) in [4.78, 5) is 16.9. The van der Waals surface area contributed by atoms with Crippen LogP contribution in [0.15, 0.2) is 79.1 Å². The van der Waals surface area contributed by atoms with Crippen LogP contribution in [0.2, 0.25) is 0 Å². The Morgan fingerprint density at radius 2 is 1.88 bits per heavy atom. The summed E-state index contributed by atoms with van der Waals surface area (Å²) < 4.78 is 32.3. The Morgan fingerprint density at radius 1 is 1.09 bits per heavy atom. The predicted octanol–water partition coefficient (Wildman–Crippen LogP) is 2.73. The lowest BCUT2D eigenvalue weighted by atomic mass is 10.0. The van der Waals surface area contributed by atoms with Crippen molar-refractivity contribution in [2.75, 3.05) is 6.26 Å². The standard InChI is InChI=1S/C23H22N4O5S/c1-33(29,30)32-27-23(24)26-22(28)21(19-10-6-12-25-15-19)14-18-9-5-11-20(13-18)31-16-17-7-3-2-4-8-17/h2-15H,16H2,1H3,(H3,24,26,27,28)/b21-14+. The van der Waals surface area contributed by atoms with Gasteiger partial charge in [0.05, 0.1) is 6.26 Å². The first-order chi connectivity index (χ1) is 15.8. The summed E-state index contributed by atoms with van der Waals surface area (Å²) in [5, 5.41) is 9.96. The van der Waals surface area contributed by atoms with E-state index in [0.717, 1.165) is 11.8 Å². The Balaban J connectivity index is 1.80. The molecule has 1 aromatic heterocycles. The van der Waals surface area contributed by atoms with Crippen molar-refractivity contribution in [1.29, 1.82) is 5.41 Å². The lowest BCUT2D eigenvalue weighted by Gasteiger charge is -2.11. The minimum absolute atomic E-state index is 0.203. The van der Waals surface area contributed by atoms with Gasteiger partial charge in [-0.2, -0.15) is 8.42 Å². The van der Waals surface area contributed by atoms with E-state index in [9.17, 15) is 13.2 Å². The average molecular weight is 467 g/mol. The third kappa shape index (κ3) is 7.87. The van der Waals surface area contributed by atoms with Gasteiger partial charge < -0.3 is 4.74 Å². The van der Waals surface area contributed by atoms with Crippen LogP contribution in [0.25, 0.3) is 11.6 Å². The van der Waals surface area contributed by atoms with E-state index in [1.165, 1.54) is 6.20 Å². The number of nitrogens with zero attached hydrogens (tertiary/aromatic N) is 1. The van der Waals surface area contributed by atoms with E-state index in [4.69, 9.17) is 10.1 Å². The quantitative estimate of drug-likeness (QED) is 0.201. The SMILES string of the molecule is CS(=O)(=O)ONC(=N)NC(=O)/C(=C/c1cccc(OCc2ccccc2)c1)c1cccnc1. The number of carbonyl (C=O) groups excluding carboxylic acids is 1. The first-order valence-electron chi connectivity index (χ1n) is 9.73. The van der Waals surface area contributed by atoms with Gasteiger partial charge in [-0.15, -0.1) is 4.28 Å². The van der Waals surface area contributed by atoms with Crippen molar-refractivity contribution in [3.8, 4) is 5.75 Å². The molecule has 0 fully saturated rings. The molecule has 0 atom stereocenters. The van der Waals surface area contributed by atoms with E-state index < -0.39 is 22.0 Å². The highest BCUT2D eigenvalue weighted by Gasteiger charge is 2.15. The van der Waals surface area contributed by atoms with E-state index in [1.54, 1.807) is 42.6 Å². The number of benzene rings is 2. The molecule has 10 heteroatoms. The first-order valence-corrected chi connectivity index (χ1v) is 11.5. The van der Waals surface area contributed by atoms with Crippen LogP contribution in [0.3, 0.4) is 0 Å². The Morgan fingerprint density at radius 3 is 2.58 bits per heavy atom. The van der Waals surface area contributed by atoms with Gasteiger partial charge in [0.2, 0.25) is 5.96 Å². The highest BCUT2D eigenvalue weighted by molar-refractivity contribution is 7.85. The molecular formula is C23H22N4O5S. The second-order valence-electron chi connectivity index (χ2n) is 6.87. The summed E-state index contributed by atoms with van der Waals surface area (Å²) in [6, 6.07) is 20.3. The number of amides is 1. The summed E-state index contributed by atoms with van der Waals surface area (Å²) >= 11 is 0. The molecule has 0 spiro atoms. The molecule has 1 amide bonds. The second kappa shape index (κ2) is 11.0. The number of aromatic nitrogens is 1. The molecule has 170 valence electrons. The molecule has 0 aliphatic heterocycles. The summed E-state index contributed by atoms with van der Waals surface area (Å²) in [6.45, 7) is 0.396. The Bertz CT molecular complexity index is 1250. The zero-order chi connectivity index (χ0) is 23.7. The van der Waals surface area contributed by atoms with Crippen molar-refractivity contribution in [2.24, 2.45) is 0 Å². The number of guanidine groups is 1. The second-order valence-corrected chi connectivity index (χ2v) is 8.44. The summed E-state index contributed by atoms with van der Waals surface area (Å²) in [6.07, 6.45) is 5.50. The minimum Gasteiger partial charge on any atom is -0.489 e. The molecule has 33 heavy (non-hydrogen) atoms. The zero-order valence-electron chi connectivity index (χ0n) is 17.7. The van der Waals surface area contributed by atoms with Gasteiger partial charge in [0.1, 0.15) is 12.4 Å². The van der Waals surface area contributed by atoms with Gasteiger partial charge >= 0.3 is 0 Å². The van der Waals surface area contributed by atoms with Gasteiger partial charge in [-0.3, -0.25) is 20.5 Å². The maximum Gasteiger partial charge on any atom is 0.285 e. The number of hydrogen-bond acceptors (Lipinski definition) is 7. The van der Waals surface area contributed by atoms with Gasteiger partial charge in [0.15, 0.2) is 0 Å². The van der Waals surface area contributed by atoms with Crippen LogP contribution in [0.1, 0.15) is 16.7 Å². The number of ether oxygens (including phenoxy) is 1. The third-order valence-corrected chi connectivity index (χ3v) is 4.55. The topological polar surface area (TPSA) is 130 Å². The molecule has 3 aromatic rings. The van der Waals surface area contributed by atoms with Crippen LogP contribution >= 0.6 is 0 Å². The zero-order valence-corrected chi connectivity index (χ0v) is 18.5. The maximum absolute atomic E-state index is 12.9. The van der Waals surface area contributed by atoms with Crippen molar-refractivity contribution < 1.29 is 22.2 Å². The number of hydroxylamine groups is 1. The van der Waals surface area contributed by atoms with Crippen molar-refractivity contribution in [2.45, 2.75) is 6.61 Å². The molecule has 0 radical (unpaired) electrons. The van der Waals surface area contributed by atoms with Crippen LogP contribution < -0.4 is 15.5 Å². The number of carbonyl (C=O) groups is 1. The molecule has 0 saturated heterocycles. The van der Waals surface area contributed by atoms with Crippen molar-refractivity contribution in [3.63, 3.8) is 0 Å². The normalized spacial score (nSPS) is 11.5. The van der Waals surface area contributed by atoms with Crippen LogP contribution in [0.4, 0.5) is 0 Å². The molecule has 9 nitrogen and oxygen atoms in total. The minimum atomic E-state index is -3.85. The van der Waals surface area contributed by atoms with E-state index >= 15 is 0 Å². The van der Waals surface area contributed by atoms with Gasteiger partial charge in [0.25, 0.3) is 16.0 Å². The highest BCUT2D eigenvalue weighted by atomic mass is 32.2. The summed E-state index contributed by atoms with van der Waals surface area (Å²) in [5.74, 6) is -0.678. The smallest absolute Gasteiger partial charge is 0.285 e. The molecule has 0 unspecified atom stereocenters. The lowest BCUT2D eigenvalue weighted by Crippen LogP contribution is -2.41. The number of nitrogens with one attached hydrogen (secondary N) is 3. The van der Waals surface area contributed by atoms with E-state index in [1.807, 2.05) is 41.9 Å². The fourth-order valence-corrected chi connectivity index (χ4v) is 2.96. The monoisotopic (exact) mass is 466 g/mol. The largest absolute Gasteiger partial charge is 0.489 e. The molecule has 3 N–H and O–H groups in total. The Labute approximate surface area is 191 Å². The summed E-state index contributed by atoms with van der Waals surface area (Å²) in [5.41, 5.74) is 4.28. The number of hydrogen-bond donors (Lipinski definition) is 3. The number of rotatable bonds is 8. The average Bonchev–Trinajstić information content (AvgIpc) is 2.81. The van der Waals surface area contributed by atoms with Crippen molar-refractivity contribution >= 4 is 33.6 Å². The molecule has 0 aliphatic rings. The van der Waals surface area contributed by atoms with Crippen LogP contribution in [-0.4, -0.2) is 31.5 Å². The van der Waals surface area contributed by atoms with Gasteiger partial charge in [-0.1, -0.05) is 48.5 Å². The first kappa shape index (κ1) is 23.6. The molecular weight excluding hydrogens is 444 g/mol. The Hall–Kier alpha value is -4.02. The van der Waals surface area contributed by atoms with Crippen LogP contribution in [-0.2, 0) is 25.8 Å². The fraction of sp³-hybridized carbons (Fsp3) is 0.0870. The van der Waals surface area contributed by atoms with Gasteiger partial charge in [-0.25, -0.2) is 5.48 Å². The summed E-state index contributed by atoms with van der Waals surface area (Å²) in [7, 11) is -3.85. The molecule has 0 saturated carbocycles. The van der Waals surface area contributed by atoms with Crippen molar-refractivity contribution in [1.82, 2.24) is 15.8 Å². The van der Waals surface area contributed by atoms with Crippen LogP contribution in [0, 0.1) is 5.41 Å². The van der Waals surface area contributed by atoms with E-state index in [0.29, 0.717) is 23.5 Å². The highest BCUT2D eigenvalue weighted by Crippen LogP contribution is 2.21. The lowest BCUT2D eigenvalue weighted by molar-refractivity contribution is -0.114. The molecule has 0 bridgehead atoms. The van der Waals surface area contributed by atoms with Gasteiger partial charge in [0, 0.05) is 23.5 Å². The maximum atomic E-state index is 12.9. The number of pyridine rings is 1. The predicted molar refractivity (Wildman–Crippen MR) is 124 cm³/mol. The van der Waals surface area contributed by atoms with Crippen LogP contribution in [0.5, 0.6) is 5.75 Å². The van der Waals surface area contributed by atoms with E-state index in [2.05, 4.69) is 14.6 Å². The molecule has 3 rings (SSSR count).